The predicted molar refractivity (Wildman–Crippen MR) is 142 cm³/mol. The van der Waals surface area contributed by atoms with Crippen molar-refractivity contribution in [1.29, 1.82) is 0 Å². The average molecular weight is 560 g/mol. The number of likely N-dealkylation sites (tertiary alicyclic amines) is 2. The summed E-state index contributed by atoms with van der Waals surface area (Å²) in [6, 6.07) is 8.79. The summed E-state index contributed by atoms with van der Waals surface area (Å²) >= 11 is 0. The summed E-state index contributed by atoms with van der Waals surface area (Å²) in [7, 11) is 5.37. The molecule has 2 aliphatic rings. The minimum Gasteiger partial charge on any atom is -0.497 e. The smallest absolute Gasteiger partial charge is 0.191 e. The second kappa shape index (κ2) is 14.9. The van der Waals surface area contributed by atoms with Crippen LogP contribution >= 0.6 is 24.0 Å². The van der Waals surface area contributed by atoms with Crippen LogP contribution in [0.3, 0.4) is 0 Å². The Bertz CT molecular complexity index is 676. The number of aliphatic imine (C=N–C) groups is 1. The van der Waals surface area contributed by atoms with Crippen molar-refractivity contribution in [2.45, 2.75) is 31.7 Å². The summed E-state index contributed by atoms with van der Waals surface area (Å²) in [5.74, 6) is 2.51. The van der Waals surface area contributed by atoms with Crippen LogP contribution in [0.2, 0.25) is 0 Å². The fourth-order valence-electron chi connectivity index (χ4n) is 4.65. The molecule has 182 valence electrons. The SMILES string of the molecule is CN=C(NCC1CCN(CCOC)CC1)NCC(c1cccc(OC)c1)N1CCCC1.I. The summed E-state index contributed by atoms with van der Waals surface area (Å²) in [6.45, 7) is 8.30. The van der Waals surface area contributed by atoms with Crippen molar-refractivity contribution in [2.24, 2.45) is 10.9 Å². The molecule has 0 radical (unpaired) electrons. The number of nitrogens with one attached hydrogen (secondary N) is 2. The molecule has 0 aliphatic carbocycles. The molecule has 7 nitrogen and oxygen atoms in total. The predicted octanol–water partition coefficient (Wildman–Crippen LogP) is 2.97. The van der Waals surface area contributed by atoms with Crippen molar-refractivity contribution in [1.82, 2.24) is 20.4 Å². The highest BCUT2D eigenvalue weighted by atomic mass is 127. The van der Waals surface area contributed by atoms with Crippen molar-refractivity contribution >= 4 is 29.9 Å². The first-order chi connectivity index (χ1) is 15.2. The van der Waals surface area contributed by atoms with Crippen LogP contribution in [-0.2, 0) is 4.74 Å². The molecule has 2 aliphatic heterocycles. The number of methoxy groups -OCH3 is 2. The van der Waals surface area contributed by atoms with E-state index in [1.54, 1.807) is 14.2 Å². The van der Waals surface area contributed by atoms with Gasteiger partial charge in [0.15, 0.2) is 5.96 Å². The number of rotatable bonds is 10. The van der Waals surface area contributed by atoms with Gasteiger partial charge in [-0.25, -0.2) is 0 Å². The van der Waals surface area contributed by atoms with E-state index in [9.17, 15) is 0 Å². The van der Waals surface area contributed by atoms with Gasteiger partial charge in [-0.05, 0) is 75.5 Å². The van der Waals surface area contributed by atoms with E-state index in [1.165, 1.54) is 31.2 Å². The van der Waals surface area contributed by atoms with E-state index in [0.717, 1.165) is 64.1 Å². The van der Waals surface area contributed by atoms with Crippen molar-refractivity contribution in [2.75, 3.05) is 73.7 Å². The fraction of sp³-hybridized carbons (Fsp3) is 0.708. The summed E-state index contributed by atoms with van der Waals surface area (Å²) in [5, 5.41) is 7.16. The number of hydrogen-bond acceptors (Lipinski definition) is 5. The molecule has 0 spiro atoms. The van der Waals surface area contributed by atoms with Crippen molar-refractivity contribution in [3.63, 3.8) is 0 Å². The molecule has 0 aromatic heterocycles. The highest BCUT2D eigenvalue weighted by Crippen LogP contribution is 2.27. The Kier molecular flexibility index (Phi) is 12.7. The third kappa shape index (κ3) is 8.35. The van der Waals surface area contributed by atoms with Gasteiger partial charge in [0.25, 0.3) is 0 Å². The molecule has 1 aromatic carbocycles. The number of halogens is 1. The van der Waals surface area contributed by atoms with Gasteiger partial charge in [-0.1, -0.05) is 12.1 Å². The highest BCUT2D eigenvalue weighted by molar-refractivity contribution is 14.0. The molecule has 2 N–H and O–H groups in total. The molecule has 2 heterocycles. The van der Waals surface area contributed by atoms with E-state index in [0.29, 0.717) is 12.0 Å². The molecule has 2 saturated heterocycles. The fourth-order valence-corrected chi connectivity index (χ4v) is 4.65. The maximum absolute atomic E-state index is 5.46. The zero-order valence-electron chi connectivity index (χ0n) is 20.0. The zero-order chi connectivity index (χ0) is 21.9. The van der Waals surface area contributed by atoms with E-state index >= 15 is 0 Å². The van der Waals surface area contributed by atoms with Crippen LogP contribution in [0.15, 0.2) is 29.3 Å². The van der Waals surface area contributed by atoms with Crippen molar-refractivity contribution < 1.29 is 9.47 Å². The van der Waals surface area contributed by atoms with Crippen LogP contribution in [0.1, 0.15) is 37.3 Å². The van der Waals surface area contributed by atoms with Gasteiger partial charge in [0.05, 0.1) is 19.8 Å². The lowest BCUT2D eigenvalue weighted by Gasteiger charge is -2.32. The maximum Gasteiger partial charge on any atom is 0.191 e. The Balaban J connectivity index is 0.00000363. The molecule has 0 saturated carbocycles. The summed E-state index contributed by atoms with van der Waals surface area (Å²) in [5.41, 5.74) is 1.30. The minimum absolute atomic E-state index is 0. The molecule has 0 bridgehead atoms. The lowest BCUT2D eigenvalue weighted by Crippen LogP contribution is -2.45. The van der Waals surface area contributed by atoms with Gasteiger partial charge >= 0.3 is 0 Å². The summed E-state index contributed by atoms with van der Waals surface area (Å²) in [4.78, 5) is 9.55. The van der Waals surface area contributed by atoms with E-state index in [2.05, 4.69) is 43.6 Å². The second-order valence-corrected chi connectivity index (χ2v) is 8.65. The monoisotopic (exact) mass is 559 g/mol. The number of piperidine rings is 1. The Morgan fingerprint density at radius 1 is 1.12 bits per heavy atom. The number of benzene rings is 1. The summed E-state index contributed by atoms with van der Waals surface area (Å²) < 4.78 is 10.7. The van der Waals surface area contributed by atoms with E-state index in [4.69, 9.17) is 9.47 Å². The van der Waals surface area contributed by atoms with Crippen molar-refractivity contribution in [3.05, 3.63) is 29.8 Å². The van der Waals surface area contributed by atoms with Gasteiger partial charge < -0.3 is 25.0 Å². The molecule has 0 amide bonds. The third-order valence-electron chi connectivity index (χ3n) is 6.62. The largest absolute Gasteiger partial charge is 0.497 e. The van der Waals surface area contributed by atoms with Crippen LogP contribution < -0.4 is 15.4 Å². The van der Waals surface area contributed by atoms with Crippen LogP contribution in [0, 0.1) is 5.92 Å². The van der Waals surface area contributed by atoms with Gasteiger partial charge in [0, 0.05) is 33.8 Å². The Morgan fingerprint density at radius 3 is 2.53 bits per heavy atom. The Hall–Kier alpha value is -1.10. The van der Waals surface area contributed by atoms with Gasteiger partial charge in [-0.2, -0.15) is 0 Å². The number of hydrogen-bond donors (Lipinski definition) is 2. The van der Waals surface area contributed by atoms with Gasteiger partial charge in [-0.3, -0.25) is 9.89 Å². The molecular weight excluding hydrogens is 517 g/mol. The molecule has 1 atom stereocenters. The molecule has 1 unspecified atom stereocenters. The standard InChI is InChI=1S/C24H41N5O2.HI/c1-25-24(26-18-20-9-13-28(14-10-20)15-16-30-2)27-19-23(29-11-4-5-12-29)21-7-6-8-22(17-21)31-3;/h6-8,17,20,23H,4-5,9-16,18-19H2,1-3H3,(H2,25,26,27);1H. The van der Waals surface area contributed by atoms with Gasteiger partial charge in [0.2, 0.25) is 0 Å². The first-order valence-corrected chi connectivity index (χ1v) is 11.8. The molecular formula is C24H42IN5O2. The minimum atomic E-state index is 0. The Labute approximate surface area is 211 Å². The number of ether oxygens (including phenoxy) is 2. The summed E-state index contributed by atoms with van der Waals surface area (Å²) in [6.07, 6.45) is 5.01. The molecule has 8 heteroatoms. The molecule has 1 aromatic rings. The maximum atomic E-state index is 5.46. The lowest BCUT2D eigenvalue weighted by molar-refractivity contribution is 0.121. The van der Waals surface area contributed by atoms with E-state index in [-0.39, 0.29) is 24.0 Å². The first-order valence-electron chi connectivity index (χ1n) is 11.8. The molecule has 32 heavy (non-hydrogen) atoms. The van der Waals surface area contributed by atoms with E-state index < -0.39 is 0 Å². The van der Waals surface area contributed by atoms with Crippen LogP contribution in [0.25, 0.3) is 0 Å². The van der Waals surface area contributed by atoms with Crippen LogP contribution in [0.5, 0.6) is 5.75 Å². The van der Waals surface area contributed by atoms with Crippen LogP contribution in [-0.4, -0.2) is 89.4 Å². The van der Waals surface area contributed by atoms with Gasteiger partial charge in [-0.15, -0.1) is 24.0 Å². The van der Waals surface area contributed by atoms with Crippen LogP contribution in [0.4, 0.5) is 0 Å². The number of guanidine groups is 1. The third-order valence-corrected chi connectivity index (χ3v) is 6.62. The number of nitrogens with zero attached hydrogens (tertiary/aromatic N) is 3. The van der Waals surface area contributed by atoms with Gasteiger partial charge in [0.1, 0.15) is 5.75 Å². The Morgan fingerprint density at radius 2 is 1.88 bits per heavy atom. The molecule has 3 rings (SSSR count). The van der Waals surface area contributed by atoms with E-state index in [1.807, 2.05) is 13.1 Å². The van der Waals surface area contributed by atoms with Crippen molar-refractivity contribution in [3.8, 4) is 5.75 Å². The average Bonchev–Trinajstić information content (AvgIpc) is 3.35. The second-order valence-electron chi connectivity index (χ2n) is 8.65. The normalized spacial score (nSPS) is 19.4. The molecule has 2 fully saturated rings. The topological polar surface area (TPSA) is 61.4 Å². The zero-order valence-corrected chi connectivity index (χ0v) is 22.3. The highest BCUT2D eigenvalue weighted by Gasteiger charge is 2.24. The quantitative estimate of drug-likeness (QED) is 0.261. The first kappa shape index (κ1) is 27.1. The lowest BCUT2D eigenvalue weighted by atomic mass is 9.97.